The summed E-state index contributed by atoms with van der Waals surface area (Å²) in [5.41, 5.74) is 2.85. The van der Waals surface area contributed by atoms with Gasteiger partial charge in [0, 0.05) is 12.2 Å². The van der Waals surface area contributed by atoms with Gasteiger partial charge in [-0.25, -0.2) is 0 Å². The second-order valence-corrected chi connectivity index (χ2v) is 4.28. The topological polar surface area (TPSA) is 41.6 Å². The lowest BCUT2D eigenvalue weighted by Gasteiger charge is -2.40. The highest BCUT2D eigenvalue weighted by molar-refractivity contribution is 6.01. The Morgan fingerprint density at radius 1 is 1.50 bits per heavy atom. The minimum Gasteiger partial charge on any atom is -0.376 e. The first-order valence-corrected chi connectivity index (χ1v) is 5.51. The fourth-order valence-corrected chi connectivity index (χ4v) is 2.26. The number of carbonyl (C=O) groups excluding carboxylic acids is 1. The van der Waals surface area contributed by atoms with Crippen molar-refractivity contribution in [1.29, 1.82) is 0 Å². The summed E-state index contributed by atoms with van der Waals surface area (Å²) in [6.45, 7) is 3.89. The molecule has 2 aliphatic heterocycles. The van der Waals surface area contributed by atoms with Crippen molar-refractivity contribution in [3.8, 4) is 0 Å². The summed E-state index contributed by atoms with van der Waals surface area (Å²) >= 11 is 0. The smallest absolute Gasteiger partial charge is 0.257 e. The quantitative estimate of drug-likeness (QED) is 0.712. The lowest BCUT2D eigenvalue weighted by Crippen LogP contribution is -2.55. The van der Waals surface area contributed by atoms with Crippen LogP contribution in [0, 0.1) is 6.92 Å². The Bertz CT molecular complexity index is 445. The summed E-state index contributed by atoms with van der Waals surface area (Å²) < 4.78 is 5.38. The number of aryl methyl sites for hydroxylation is 1. The molecule has 1 atom stereocenters. The summed E-state index contributed by atoms with van der Waals surface area (Å²) in [7, 11) is 0. The van der Waals surface area contributed by atoms with Crippen molar-refractivity contribution in [2.75, 3.05) is 25.1 Å². The number of amides is 1. The van der Waals surface area contributed by atoms with Gasteiger partial charge in [-0.1, -0.05) is 6.07 Å². The first-order valence-electron chi connectivity index (χ1n) is 5.51. The molecule has 1 aromatic carbocycles. The number of anilines is 1. The van der Waals surface area contributed by atoms with Gasteiger partial charge in [-0.15, -0.1) is 0 Å². The molecular formula is C12H14N2O2. The van der Waals surface area contributed by atoms with Gasteiger partial charge < -0.3 is 15.0 Å². The number of fused-ring (bicyclic) bond motifs is 2. The highest BCUT2D eigenvalue weighted by Crippen LogP contribution is 2.27. The van der Waals surface area contributed by atoms with Crippen molar-refractivity contribution in [2.24, 2.45) is 0 Å². The average molecular weight is 218 g/mol. The maximum atomic E-state index is 12.2. The third-order valence-corrected chi connectivity index (χ3v) is 3.12. The van der Waals surface area contributed by atoms with Crippen LogP contribution in [-0.2, 0) is 4.74 Å². The number of hydrogen-bond donors (Lipinski definition) is 1. The van der Waals surface area contributed by atoms with E-state index in [4.69, 9.17) is 4.74 Å². The third-order valence-electron chi connectivity index (χ3n) is 3.12. The van der Waals surface area contributed by atoms with Crippen LogP contribution in [0.4, 0.5) is 5.69 Å². The molecule has 3 rings (SSSR count). The molecule has 84 valence electrons. The van der Waals surface area contributed by atoms with E-state index in [1.54, 1.807) is 0 Å². The molecule has 0 aromatic heterocycles. The summed E-state index contributed by atoms with van der Waals surface area (Å²) in [4.78, 5) is 14.0. The Morgan fingerprint density at radius 3 is 3.25 bits per heavy atom. The Labute approximate surface area is 94.2 Å². The normalized spacial score (nSPS) is 23.4. The molecule has 1 saturated heterocycles. The molecule has 16 heavy (non-hydrogen) atoms. The number of ether oxygens (including phenoxy) is 1. The predicted octanol–water partition coefficient (Wildman–Crippen LogP) is 1.22. The van der Waals surface area contributed by atoms with Crippen LogP contribution in [0.2, 0.25) is 0 Å². The lowest BCUT2D eigenvalue weighted by molar-refractivity contribution is 0.00406. The van der Waals surface area contributed by atoms with E-state index in [-0.39, 0.29) is 12.1 Å². The van der Waals surface area contributed by atoms with E-state index in [2.05, 4.69) is 5.32 Å². The number of nitrogens with zero attached hydrogens (tertiary/aromatic N) is 1. The zero-order valence-corrected chi connectivity index (χ0v) is 9.19. The Balaban J connectivity index is 2.03. The number of benzene rings is 1. The Hall–Kier alpha value is -1.55. The molecule has 1 amide bonds. The molecule has 4 nitrogen and oxygen atoms in total. The van der Waals surface area contributed by atoms with Crippen molar-refractivity contribution in [3.63, 3.8) is 0 Å². The largest absolute Gasteiger partial charge is 0.376 e. The molecule has 0 aliphatic carbocycles. The first kappa shape index (κ1) is 9.66. The zero-order chi connectivity index (χ0) is 11.1. The number of carbonyl (C=O) groups is 1. The van der Waals surface area contributed by atoms with Gasteiger partial charge in [0.1, 0.15) is 6.17 Å². The fourth-order valence-electron chi connectivity index (χ4n) is 2.26. The SMILES string of the molecule is Cc1ccc2c(c1)NC1COCCN1C2=O. The van der Waals surface area contributed by atoms with Crippen LogP contribution in [-0.4, -0.2) is 36.7 Å². The number of morpholine rings is 1. The highest BCUT2D eigenvalue weighted by Gasteiger charge is 2.33. The molecule has 0 radical (unpaired) electrons. The fraction of sp³-hybridized carbons (Fsp3) is 0.417. The zero-order valence-electron chi connectivity index (χ0n) is 9.19. The van der Waals surface area contributed by atoms with E-state index in [0.717, 1.165) is 16.8 Å². The number of nitrogens with one attached hydrogen (secondary N) is 1. The molecule has 0 saturated carbocycles. The predicted molar refractivity (Wildman–Crippen MR) is 60.4 cm³/mol. The molecule has 1 aromatic rings. The van der Waals surface area contributed by atoms with Crippen molar-refractivity contribution in [1.82, 2.24) is 4.90 Å². The number of rotatable bonds is 0. The van der Waals surface area contributed by atoms with Crippen molar-refractivity contribution in [2.45, 2.75) is 13.1 Å². The van der Waals surface area contributed by atoms with Crippen LogP contribution in [0.1, 0.15) is 15.9 Å². The van der Waals surface area contributed by atoms with Gasteiger partial charge >= 0.3 is 0 Å². The van der Waals surface area contributed by atoms with E-state index in [0.29, 0.717) is 19.8 Å². The number of hydrogen-bond acceptors (Lipinski definition) is 3. The van der Waals surface area contributed by atoms with E-state index in [9.17, 15) is 4.79 Å². The van der Waals surface area contributed by atoms with Gasteiger partial charge in [0.15, 0.2) is 0 Å². The molecule has 4 heteroatoms. The van der Waals surface area contributed by atoms with Gasteiger partial charge in [-0.3, -0.25) is 4.79 Å². The molecule has 1 fully saturated rings. The second kappa shape index (κ2) is 3.49. The van der Waals surface area contributed by atoms with Gasteiger partial charge in [0.2, 0.25) is 0 Å². The second-order valence-electron chi connectivity index (χ2n) is 4.28. The Kier molecular flexibility index (Phi) is 2.11. The van der Waals surface area contributed by atoms with Crippen molar-refractivity contribution in [3.05, 3.63) is 29.3 Å². The summed E-state index contributed by atoms with van der Waals surface area (Å²) in [5, 5.41) is 3.35. The highest BCUT2D eigenvalue weighted by atomic mass is 16.5. The van der Waals surface area contributed by atoms with Gasteiger partial charge in [-0.2, -0.15) is 0 Å². The van der Waals surface area contributed by atoms with E-state index >= 15 is 0 Å². The molecule has 2 aliphatic rings. The van der Waals surface area contributed by atoms with Crippen LogP contribution in [0.5, 0.6) is 0 Å². The average Bonchev–Trinajstić information content (AvgIpc) is 2.29. The van der Waals surface area contributed by atoms with E-state index in [1.807, 2.05) is 30.0 Å². The lowest BCUT2D eigenvalue weighted by atomic mass is 10.0. The van der Waals surface area contributed by atoms with Crippen molar-refractivity contribution >= 4 is 11.6 Å². The summed E-state index contributed by atoms with van der Waals surface area (Å²) in [5.74, 6) is 0.113. The standard InChI is InChI=1S/C12H14N2O2/c1-8-2-3-9-10(6-8)13-11-7-16-5-4-14(11)12(9)15/h2-3,6,11,13H,4-5,7H2,1H3. The van der Waals surface area contributed by atoms with Gasteiger partial charge in [0.25, 0.3) is 5.91 Å². The molecular weight excluding hydrogens is 204 g/mol. The summed E-state index contributed by atoms with van der Waals surface area (Å²) in [6, 6.07) is 5.88. The molecule has 2 heterocycles. The van der Waals surface area contributed by atoms with Crippen LogP contribution < -0.4 is 5.32 Å². The first-order chi connectivity index (χ1) is 7.75. The van der Waals surface area contributed by atoms with E-state index < -0.39 is 0 Å². The van der Waals surface area contributed by atoms with Crippen molar-refractivity contribution < 1.29 is 9.53 Å². The monoisotopic (exact) mass is 218 g/mol. The maximum absolute atomic E-state index is 12.2. The minimum atomic E-state index is -0.00412. The van der Waals surface area contributed by atoms with E-state index in [1.165, 1.54) is 0 Å². The maximum Gasteiger partial charge on any atom is 0.257 e. The molecule has 0 spiro atoms. The van der Waals surface area contributed by atoms with Crippen LogP contribution in [0.3, 0.4) is 0 Å². The summed E-state index contributed by atoms with van der Waals surface area (Å²) in [6.07, 6.45) is -0.00412. The molecule has 1 N–H and O–H groups in total. The molecule has 1 unspecified atom stereocenters. The van der Waals surface area contributed by atoms with Crippen LogP contribution >= 0.6 is 0 Å². The van der Waals surface area contributed by atoms with Gasteiger partial charge in [-0.05, 0) is 24.6 Å². The van der Waals surface area contributed by atoms with Crippen LogP contribution in [0.15, 0.2) is 18.2 Å². The minimum absolute atomic E-state index is 0.00412. The Morgan fingerprint density at radius 2 is 2.38 bits per heavy atom. The molecule has 0 bridgehead atoms. The van der Waals surface area contributed by atoms with Gasteiger partial charge in [0.05, 0.1) is 18.8 Å². The van der Waals surface area contributed by atoms with Crippen LogP contribution in [0.25, 0.3) is 0 Å². The third kappa shape index (κ3) is 1.38.